The molecule has 0 spiro atoms. The van der Waals surface area contributed by atoms with Crippen molar-refractivity contribution in [2.24, 2.45) is 0 Å². The predicted molar refractivity (Wildman–Crippen MR) is 67.4 cm³/mol. The van der Waals surface area contributed by atoms with Crippen LogP contribution in [0.15, 0.2) is 48.9 Å². The predicted octanol–water partition coefficient (Wildman–Crippen LogP) is 0.843. The van der Waals surface area contributed by atoms with Gasteiger partial charge in [-0.1, -0.05) is 24.3 Å². The second kappa shape index (κ2) is 4.53. The average Bonchev–Trinajstić information content (AvgIpc) is 2.83. The van der Waals surface area contributed by atoms with Gasteiger partial charge in [-0.25, -0.2) is 9.97 Å². The maximum Gasteiger partial charge on any atom is 0.160 e. The van der Waals surface area contributed by atoms with Gasteiger partial charge in [0.05, 0.1) is 18.8 Å². The van der Waals surface area contributed by atoms with E-state index in [2.05, 4.69) is 9.97 Å². The summed E-state index contributed by atoms with van der Waals surface area (Å²) >= 11 is 0. The standard InChI is InChI=1S/C14H11N3O2/c18-14(19)11-5-3-10(4-6-11)8-17-9-16-12-2-1-7-15-13(12)17/h1-7,9H,8H2,(H,18,19)/p-1. The van der Waals surface area contributed by atoms with Crippen LogP contribution in [-0.2, 0) is 6.54 Å². The smallest absolute Gasteiger partial charge is 0.160 e. The molecule has 0 radical (unpaired) electrons. The van der Waals surface area contributed by atoms with E-state index in [0.717, 1.165) is 16.7 Å². The van der Waals surface area contributed by atoms with Crippen LogP contribution in [0.2, 0.25) is 0 Å². The molecule has 0 saturated heterocycles. The summed E-state index contributed by atoms with van der Waals surface area (Å²) in [6.07, 6.45) is 3.45. The van der Waals surface area contributed by atoms with Crippen molar-refractivity contribution in [1.82, 2.24) is 14.5 Å². The zero-order valence-electron chi connectivity index (χ0n) is 9.98. The van der Waals surface area contributed by atoms with Crippen LogP contribution in [0, 0.1) is 0 Å². The first kappa shape index (κ1) is 11.4. The minimum Gasteiger partial charge on any atom is -0.545 e. The molecule has 0 atom stereocenters. The summed E-state index contributed by atoms with van der Waals surface area (Å²) in [6.45, 7) is 0.598. The van der Waals surface area contributed by atoms with Gasteiger partial charge in [0.2, 0.25) is 0 Å². The molecule has 1 aromatic carbocycles. The summed E-state index contributed by atoms with van der Waals surface area (Å²) in [6, 6.07) is 10.3. The lowest BCUT2D eigenvalue weighted by Gasteiger charge is -2.06. The van der Waals surface area contributed by atoms with Crippen molar-refractivity contribution < 1.29 is 9.90 Å². The third-order valence-corrected chi connectivity index (χ3v) is 2.92. The van der Waals surface area contributed by atoms with Gasteiger partial charge >= 0.3 is 0 Å². The highest BCUT2D eigenvalue weighted by atomic mass is 16.4. The number of carbonyl (C=O) groups excluding carboxylic acids is 1. The van der Waals surface area contributed by atoms with Crippen LogP contribution >= 0.6 is 0 Å². The molecular weight excluding hydrogens is 242 g/mol. The molecule has 2 heterocycles. The number of imidazole rings is 1. The van der Waals surface area contributed by atoms with E-state index in [1.165, 1.54) is 12.1 Å². The van der Waals surface area contributed by atoms with Gasteiger partial charge in [0, 0.05) is 6.20 Å². The number of aromatic carboxylic acids is 1. The SMILES string of the molecule is O=C([O-])c1ccc(Cn2cnc3cccnc32)cc1. The Morgan fingerprint density at radius 3 is 2.68 bits per heavy atom. The number of aromatic nitrogens is 3. The Hall–Kier alpha value is -2.69. The van der Waals surface area contributed by atoms with Crippen LogP contribution in [0.25, 0.3) is 11.2 Å². The van der Waals surface area contributed by atoms with E-state index in [0.29, 0.717) is 6.54 Å². The molecule has 0 bridgehead atoms. The topological polar surface area (TPSA) is 70.8 Å². The third kappa shape index (κ3) is 2.18. The summed E-state index contributed by atoms with van der Waals surface area (Å²) in [7, 11) is 0. The quantitative estimate of drug-likeness (QED) is 0.692. The zero-order chi connectivity index (χ0) is 13.2. The summed E-state index contributed by atoms with van der Waals surface area (Å²) in [5.41, 5.74) is 2.81. The maximum atomic E-state index is 10.7. The highest BCUT2D eigenvalue weighted by Crippen LogP contribution is 2.12. The van der Waals surface area contributed by atoms with Crippen molar-refractivity contribution in [2.45, 2.75) is 6.54 Å². The first-order chi connectivity index (χ1) is 9.24. The Morgan fingerprint density at radius 1 is 1.16 bits per heavy atom. The van der Waals surface area contributed by atoms with Gasteiger partial charge in [-0.3, -0.25) is 0 Å². The lowest BCUT2D eigenvalue weighted by atomic mass is 10.1. The molecule has 0 unspecified atom stereocenters. The highest BCUT2D eigenvalue weighted by molar-refractivity contribution is 5.85. The molecule has 0 aliphatic heterocycles. The molecule has 94 valence electrons. The number of carbonyl (C=O) groups is 1. The Balaban J connectivity index is 1.90. The van der Waals surface area contributed by atoms with Crippen LogP contribution in [0.5, 0.6) is 0 Å². The van der Waals surface area contributed by atoms with E-state index in [4.69, 9.17) is 0 Å². The first-order valence-corrected chi connectivity index (χ1v) is 5.80. The summed E-state index contributed by atoms with van der Waals surface area (Å²) in [5.74, 6) is -1.17. The molecule has 5 nitrogen and oxygen atoms in total. The van der Waals surface area contributed by atoms with Crippen molar-refractivity contribution >= 4 is 17.1 Å². The minimum atomic E-state index is -1.17. The molecule has 0 aliphatic rings. The van der Waals surface area contributed by atoms with E-state index in [9.17, 15) is 9.90 Å². The fourth-order valence-electron chi connectivity index (χ4n) is 1.96. The number of hydrogen-bond acceptors (Lipinski definition) is 4. The summed E-state index contributed by atoms with van der Waals surface area (Å²) in [4.78, 5) is 19.2. The zero-order valence-corrected chi connectivity index (χ0v) is 9.98. The molecule has 5 heteroatoms. The number of hydrogen-bond donors (Lipinski definition) is 0. The average molecular weight is 252 g/mol. The van der Waals surface area contributed by atoms with Crippen LogP contribution in [-0.4, -0.2) is 20.5 Å². The lowest BCUT2D eigenvalue weighted by molar-refractivity contribution is -0.255. The molecule has 0 saturated carbocycles. The van der Waals surface area contributed by atoms with Crippen LogP contribution in [0.4, 0.5) is 0 Å². The first-order valence-electron chi connectivity index (χ1n) is 5.80. The van der Waals surface area contributed by atoms with Crippen molar-refractivity contribution in [3.05, 3.63) is 60.0 Å². The van der Waals surface area contributed by atoms with Gasteiger partial charge < -0.3 is 14.5 Å². The number of rotatable bonds is 3. The summed E-state index contributed by atoms with van der Waals surface area (Å²) < 4.78 is 1.92. The van der Waals surface area contributed by atoms with Gasteiger partial charge in [0.1, 0.15) is 5.52 Å². The molecule has 0 N–H and O–H groups in total. The molecule has 19 heavy (non-hydrogen) atoms. The van der Waals surface area contributed by atoms with Gasteiger partial charge in [-0.2, -0.15) is 0 Å². The third-order valence-electron chi connectivity index (χ3n) is 2.92. The Morgan fingerprint density at radius 2 is 1.95 bits per heavy atom. The second-order valence-electron chi connectivity index (χ2n) is 4.20. The molecular formula is C14H10N3O2-. The number of pyridine rings is 1. The van der Waals surface area contributed by atoms with Crippen LogP contribution in [0.3, 0.4) is 0 Å². The summed E-state index contributed by atoms with van der Waals surface area (Å²) in [5, 5.41) is 10.7. The van der Waals surface area contributed by atoms with Crippen molar-refractivity contribution in [2.75, 3.05) is 0 Å². The van der Waals surface area contributed by atoms with Gasteiger partial charge in [0.25, 0.3) is 0 Å². The van der Waals surface area contributed by atoms with Gasteiger partial charge in [-0.15, -0.1) is 0 Å². The monoisotopic (exact) mass is 252 g/mol. The van der Waals surface area contributed by atoms with Crippen molar-refractivity contribution in [1.29, 1.82) is 0 Å². The Labute approximate surface area is 109 Å². The van der Waals surface area contributed by atoms with E-state index in [1.54, 1.807) is 24.7 Å². The number of carboxylic acid groups (broad SMARTS) is 1. The fraction of sp³-hybridized carbons (Fsp3) is 0.0714. The van der Waals surface area contributed by atoms with Gasteiger partial charge in [-0.05, 0) is 23.3 Å². The molecule has 3 aromatic rings. The normalized spacial score (nSPS) is 10.7. The maximum absolute atomic E-state index is 10.7. The molecule has 0 fully saturated rings. The van der Waals surface area contributed by atoms with E-state index < -0.39 is 5.97 Å². The molecule has 0 amide bonds. The minimum absolute atomic E-state index is 0.178. The molecule has 2 aromatic heterocycles. The number of carboxylic acids is 1. The Bertz CT molecular complexity index is 732. The molecule has 3 rings (SSSR count). The van der Waals surface area contributed by atoms with Crippen molar-refractivity contribution in [3.63, 3.8) is 0 Å². The fourth-order valence-corrected chi connectivity index (χ4v) is 1.96. The molecule has 0 aliphatic carbocycles. The number of benzene rings is 1. The lowest BCUT2D eigenvalue weighted by Crippen LogP contribution is -2.22. The second-order valence-corrected chi connectivity index (χ2v) is 4.20. The van der Waals surface area contributed by atoms with Crippen molar-refractivity contribution in [3.8, 4) is 0 Å². The van der Waals surface area contributed by atoms with E-state index in [1.807, 2.05) is 16.7 Å². The number of fused-ring (bicyclic) bond motifs is 1. The Kier molecular flexibility index (Phi) is 2.72. The van der Waals surface area contributed by atoms with E-state index >= 15 is 0 Å². The van der Waals surface area contributed by atoms with E-state index in [-0.39, 0.29) is 5.56 Å². The largest absolute Gasteiger partial charge is 0.545 e. The highest BCUT2D eigenvalue weighted by Gasteiger charge is 2.03. The van der Waals surface area contributed by atoms with Crippen LogP contribution in [0.1, 0.15) is 15.9 Å². The number of nitrogens with zero attached hydrogens (tertiary/aromatic N) is 3. The van der Waals surface area contributed by atoms with Crippen LogP contribution < -0.4 is 5.11 Å². The van der Waals surface area contributed by atoms with Gasteiger partial charge in [0.15, 0.2) is 5.65 Å².